The fourth-order valence-corrected chi connectivity index (χ4v) is 5.47. The van der Waals surface area contributed by atoms with Gasteiger partial charge in [-0.3, -0.25) is 4.79 Å². The quantitative estimate of drug-likeness (QED) is 0.276. The van der Waals surface area contributed by atoms with Gasteiger partial charge in [0.05, 0.1) is 31.6 Å². The molecule has 0 aromatic heterocycles. The highest BCUT2D eigenvalue weighted by Gasteiger charge is 2.36. The number of benzene rings is 4. The highest BCUT2D eigenvalue weighted by molar-refractivity contribution is 6.01. The fraction of sp³-hybridized carbons (Fsp3) is 0.182. The Morgan fingerprint density at radius 3 is 2.23 bits per heavy atom. The molecule has 4 aromatic carbocycles. The van der Waals surface area contributed by atoms with Crippen molar-refractivity contribution in [2.24, 2.45) is 0 Å². The van der Waals surface area contributed by atoms with Crippen LogP contribution in [0.2, 0.25) is 0 Å². The molecule has 0 bridgehead atoms. The summed E-state index contributed by atoms with van der Waals surface area (Å²) in [7, 11) is 3.25. The highest BCUT2D eigenvalue weighted by Crippen LogP contribution is 2.45. The van der Waals surface area contributed by atoms with Crippen LogP contribution < -0.4 is 24.8 Å². The van der Waals surface area contributed by atoms with E-state index in [0.717, 1.165) is 45.3 Å². The van der Waals surface area contributed by atoms with E-state index in [0.29, 0.717) is 24.3 Å². The molecule has 1 heterocycles. The van der Waals surface area contributed by atoms with Gasteiger partial charge in [0, 0.05) is 17.7 Å². The van der Waals surface area contributed by atoms with E-state index in [1.807, 2.05) is 97.1 Å². The molecule has 39 heavy (non-hydrogen) atoms. The van der Waals surface area contributed by atoms with Crippen LogP contribution in [0.25, 0.3) is 0 Å². The van der Waals surface area contributed by atoms with Crippen LogP contribution >= 0.6 is 0 Å². The number of methoxy groups -OCH3 is 2. The highest BCUT2D eigenvalue weighted by atomic mass is 16.5. The van der Waals surface area contributed by atoms with Crippen molar-refractivity contribution in [2.75, 3.05) is 24.9 Å². The van der Waals surface area contributed by atoms with Gasteiger partial charge < -0.3 is 24.8 Å². The number of fused-ring (bicyclic) bond motifs is 1. The number of allylic oxidation sites excluding steroid dienone is 1. The summed E-state index contributed by atoms with van der Waals surface area (Å²) >= 11 is 0. The zero-order valence-electron chi connectivity index (χ0n) is 21.9. The average molecular weight is 519 g/mol. The molecule has 6 rings (SSSR count). The second-order valence-corrected chi connectivity index (χ2v) is 9.77. The van der Waals surface area contributed by atoms with Crippen molar-refractivity contribution in [1.82, 2.24) is 0 Å². The van der Waals surface area contributed by atoms with E-state index < -0.39 is 0 Å². The Balaban J connectivity index is 1.39. The molecule has 2 atom stereocenters. The van der Waals surface area contributed by atoms with Crippen LogP contribution in [0.3, 0.4) is 0 Å². The predicted octanol–water partition coefficient (Wildman–Crippen LogP) is 7.48. The smallest absolute Gasteiger partial charge is 0.163 e. The number of hydrogen-bond acceptors (Lipinski definition) is 6. The maximum atomic E-state index is 13.9. The number of anilines is 2. The minimum absolute atomic E-state index is 0.0159. The van der Waals surface area contributed by atoms with Gasteiger partial charge >= 0.3 is 0 Å². The van der Waals surface area contributed by atoms with Crippen LogP contribution in [0.5, 0.6) is 23.0 Å². The summed E-state index contributed by atoms with van der Waals surface area (Å²) in [5, 5.41) is 7.26. The van der Waals surface area contributed by atoms with E-state index in [2.05, 4.69) is 10.6 Å². The van der Waals surface area contributed by atoms with E-state index in [1.54, 1.807) is 14.2 Å². The second-order valence-electron chi connectivity index (χ2n) is 9.77. The molecule has 0 fully saturated rings. The predicted molar refractivity (Wildman–Crippen MR) is 153 cm³/mol. The van der Waals surface area contributed by atoms with Gasteiger partial charge in [-0.15, -0.1) is 0 Å². The van der Waals surface area contributed by atoms with Crippen LogP contribution in [0.4, 0.5) is 11.4 Å². The third-order valence-corrected chi connectivity index (χ3v) is 7.36. The summed E-state index contributed by atoms with van der Waals surface area (Å²) in [6.45, 7) is 0. The molecule has 1 aliphatic carbocycles. The van der Waals surface area contributed by atoms with E-state index >= 15 is 0 Å². The molecular formula is C33H30N2O4. The van der Waals surface area contributed by atoms with Gasteiger partial charge in [-0.05, 0) is 72.0 Å². The first-order chi connectivity index (χ1) is 19.1. The van der Waals surface area contributed by atoms with Gasteiger partial charge in [0.2, 0.25) is 0 Å². The summed E-state index contributed by atoms with van der Waals surface area (Å²) in [6, 6.07) is 31.3. The largest absolute Gasteiger partial charge is 0.493 e. The molecule has 196 valence electrons. The van der Waals surface area contributed by atoms with Crippen molar-refractivity contribution in [3.8, 4) is 23.0 Å². The number of rotatable bonds is 6. The van der Waals surface area contributed by atoms with Crippen molar-refractivity contribution in [1.29, 1.82) is 0 Å². The molecule has 0 saturated heterocycles. The van der Waals surface area contributed by atoms with Gasteiger partial charge in [-0.25, -0.2) is 0 Å². The van der Waals surface area contributed by atoms with E-state index in [4.69, 9.17) is 14.2 Å². The molecule has 0 radical (unpaired) electrons. The lowest BCUT2D eigenvalue weighted by Crippen LogP contribution is -2.26. The van der Waals surface area contributed by atoms with Gasteiger partial charge in [0.25, 0.3) is 0 Å². The number of nitrogens with one attached hydrogen (secondary N) is 2. The van der Waals surface area contributed by atoms with Crippen LogP contribution in [0.15, 0.2) is 108 Å². The Bertz CT molecular complexity index is 1550. The average Bonchev–Trinajstić information content (AvgIpc) is 3.14. The third kappa shape index (κ3) is 4.93. The molecular weight excluding hydrogens is 488 g/mol. The third-order valence-electron chi connectivity index (χ3n) is 7.36. The lowest BCUT2D eigenvalue weighted by atomic mass is 9.78. The van der Waals surface area contributed by atoms with Crippen LogP contribution in [0, 0.1) is 0 Å². The molecule has 4 aromatic rings. The maximum Gasteiger partial charge on any atom is 0.163 e. The fourth-order valence-electron chi connectivity index (χ4n) is 5.47. The Morgan fingerprint density at radius 1 is 0.692 bits per heavy atom. The number of Topliss-reactive ketones (excluding diaryl/α,β-unsaturated/α-hetero) is 1. The van der Waals surface area contributed by atoms with Crippen LogP contribution in [0.1, 0.15) is 35.9 Å². The number of hydrogen-bond donors (Lipinski definition) is 2. The van der Waals surface area contributed by atoms with Gasteiger partial charge in [0.15, 0.2) is 17.3 Å². The molecule has 1 aliphatic heterocycles. The molecule has 6 nitrogen and oxygen atoms in total. The van der Waals surface area contributed by atoms with E-state index in [9.17, 15) is 4.79 Å². The lowest BCUT2D eigenvalue weighted by molar-refractivity contribution is -0.116. The number of ether oxygens (including phenoxy) is 3. The van der Waals surface area contributed by atoms with Crippen molar-refractivity contribution >= 4 is 17.2 Å². The molecule has 2 N–H and O–H groups in total. The van der Waals surface area contributed by atoms with Crippen molar-refractivity contribution in [3.63, 3.8) is 0 Å². The zero-order chi connectivity index (χ0) is 26.8. The van der Waals surface area contributed by atoms with Gasteiger partial charge in [-0.2, -0.15) is 0 Å². The van der Waals surface area contributed by atoms with E-state index in [1.165, 1.54) is 0 Å². The number of para-hydroxylation sites is 3. The molecule has 2 aliphatic rings. The molecule has 0 amide bonds. The van der Waals surface area contributed by atoms with Crippen molar-refractivity contribution in [2.45, 2.75) is 24.8 Å². The van der Waals surface area contributed by atoms with E-state index in [-0.39, 0.29) is 17.7 Å². The summed E-state index contributed by atoms with van der Waals surface area (Å²) in [5.41, 5.74) is 5.61. The monoisotopic (exact) mass is 518 g/mol. The van der Waals surface area contributed by atoms with Crippen molar-refractivity contribution < 1.29 is 19.0 Å². The first kappa shape index (κ1) is 24.6. The summed E-state index contributed by atoms with van der Waals surface area (Å²) in [4.78, 5) is 13.9. The number of carbonyl (C=O) groups is 1. The minimum atomic E-state index is -0.325. The maximum absolute atomic E-state index is 13.9. The second kappa shape index (κ2) is 10.6. The number of carbonyl (C=O) groups excluding carboxylic acids is 1. The molecule has 0 saturated carbocycles. The zero-order valence-corrected chi connectivity index (χ0v) is 21.9. The Hall–Kier alpha value is -4.71. The normalized spacial score (nSPS) is 18.2. The molecule has 6 heteroatoms. The Morgan fingerprint density at radius 2 is 1.44 bits per heavy atom. The molecule has 0 unspecified atom stereocenters. The van der Waals surface area contributed by atoms with Crippen LogP contribution in [-0.2, 0) is 4.79 Å². The summed E-state index contributed by atoms with van der Waals surface area (Å²) in [5.74, 6) is 2.95. The van der Waals surface area contributed by atoms with Gasteiger partial charge in [0.1, 0.15) is 11.5 Å². The Kier molecular flexibility index (Phi) is 6.68. The first-order valence-corrected chi connectivity index (χ1v) is 13.1. The summed E-state index contributed by atoms with van der Waals surface area (Å²) < 4.78 is 17.1. The SMILES string of the molecule is COc1ccc([C@@H]2CC(=O)C3=C(C2)Nc2ccccc2N[C@@H]3c2cccc(Oc3ccccc3)c2)cc1OC. The lowest BCUT2D eigenvalue weighted by Gasteiger charge is -2.30. The topological polar surface area (TPSA) is 68.8 Å². The van der Waals surface area contributed by atoms with Gasteiger partial charge in [-0.1, -0.05) is 48.5 Å². The number of ketones is 1. The summed E-state index contributed by atoms with van der Waals surface area (Å²) in [6.07, 6.45) is 1.11. The minimum Gasteiger partial charge on any atom is -0.493 e. The Labute approximate surface area is 228 Å². The molecule has 0 spiro atoms. The van der Waals surface area contributed by atoms with Crippen molar-refractivity contribution in [3.05, 3.63) is 119 Å². The van der Waals surface area contributed by atoms with Crippen LogP contribution in [-0.4, -0.2) is 20.0 Å². The first-order valence-electron chi connectivity index (χ1n) is 13.1. The standard InChI is InChI=1S/C33H30N2O4/c1-37-30-16-15-21(20-31(30)38-2)23-18-28-32(29(36)19-23)33(35-27-14-7-6-13-26(27)34-28)22-9-8-12-25(17-22)39-24-10-4-3-5-11-24/h3-17,20,23,33-35H,18-19H2,1-2H3/t23-,33+/m0/s1.